The lowest BCUT2D eigenvalue weighted by Gasteiger charge is -2.10. The number of nitrogens with zero attached hydrogens (tertiary/aromatic N) is 1. The average Bonchev–Trinajstić information content (AvgIpc) is 2.42. The summed E-state index contributed by atoms with van der Waals surface area (Å²) in [5, 5.41) is 13.2. The molecule has 5 nitrogen and oxygen atoms in total. The highest BCUT2D eigenvalue weighted by molar-refractivity contribution is 6.35. The Hall–Kier alpha value is -1.98. The summed E-state index contributed by atoms with van der Waals surface area (Å²) >= 11 is 11.9. The fraction of sp³-hybridized carbons (Fsp3) is 0.143. The Bertz CT molecular complexity index is 677. The van der Waals surface area contributed by atoms with Crippen LogP contribution in [0.15, 0.2) is 30.5 Å². The summed E-state index contributed by atoms with van der Waals surface area (Å²) in [6.07, 6.45) is 2.03. The molecule has 0 aliphatic carbocycles. The second kappa shape index (κ2) is 6.65. The van der Waals surface area contributed by atoms with E-state index in [4.69, 9.17) is 34.0 Å². The molecule has 4 N–H and O–H groups in total. The van der Waals surface area contributed by atoms with Crippen molar-refractivity contribution in [1.82, 2.24) is 4.98 Å². The van der Waals surface area contributed by atoms with E-state index >= 15 is 0 Å². The molecular weight excluding hydrogens is 313 g/mol. The minimum atomic E-state index is -1.08. The van der Waals surface area contributed by atoms with E-state index in [1.165, 1.54) is 12.3 Å². The van der Waals surface area contributed by atoms with Crippen LogP contribution in [0.2, 0.25) is 10.0 Å². The molecule has 7 heteroatoms. The lowest BCUT2D eigenvalue weighted by Crippen LogP contribution is -2.11. The summed E-state index contributed by atoms with van der Waals surface area (Å²) < 4.78 is 0. The van der Waals surface area contributed by atoms with Crippen molar-refractivity contribution < 1.29 is 9.90 Å². The predicted molar refractivity (Wildman–Crippen MR) is 84.3 cm³/mol. The quantitative estimate of drug-likeness (QED) is 0.784. The van der Waals surface area contributed by atoms with Crippen molar-refractivity contribution in [3.05, 3.63) is 51.6 Å². The maximum atomic E-state index is 11.0. The van der Waals surface area contributed by atoms with Crippen LogP contribution in [0.3, 0.4) is 0 Å². The first-order valence-electron chi connectivity index (χ1n) is 6.14. The first-order chi connectivity index (χ1) is 9.99. The standard InChI is InChI=1S/C14H13Cl2N3O2/c15-9-2-1-8(11(16)7-9)3-5-18-13-12(17)10(14(20)21)4-6-19-13/h1-2,4,6-7H,3,5,17H2,(H,18,19)(H,20,21). The Morgan fingerprint density at radius 3 is 2.76 bits per heavy atom. The Morgan fingerprint density at radius 1 is 1.33 bits per heavy atom. The molecule has 2 aromatic rings. The van der Waals surface area contributed by atoms with E-state index in [0.717, 1.165) is 5.56 Å². The number of nitrogens with one attached hydrogen (secondary N) is 1. The predicted octanol–water partition coefficient (Wildman–Crippen LogP) is 3.32. The topological polar surface area (TPSA) is 88.2 Å². The highest BCUT2D eigenvalue weighted by atomic mass is 35.5. The second-order valence-electron chi connectivity index (χ2n) is 4.34. The minimum absolute atomic E-state index is 0.0250. The monoisotopic (exact) mass is 325 g/mol. The summed E-state index contributed by atoms with van der Waals surface area (Å²) in [5.41, 5.74) is 6.84. The molecule has 1 heterocycles. The Balaban J connectivity index is 2.04. The number of aromatic carboxylic acids is 1. The van der Waals surface area contributed by atoms with Gasteiger partial charge in [-0.25, -0.2) is 9.78 Å². The third kappa shape index (κ3) is 3.77. The van der Waals surface area contributed by atoms with Crippen LogP contribution in [0.4, 0.5) is 11.5 Å². The molecule has 0 aliphatic heterocycles. The molecule has 0 radical (unpaired) electrons. The Labute approximate surface area is 131 Å². The Morgan fingerprint density at radius 2 is 2.10 bits per heavy atom. The van der Waals surface area contributed by atoms with Crippen molar-refractivity contribution in [3.8, 4) is 0 Å². The smallest absolute Gasteiger partial charge is 0.337 e. The zero-order valence-corrected chi connectivity index (χ0v) is 12.4. The largest absolute Gasteiger partial charge is 0.478 e. The van der Waals surface area contributed by atoms with Gasteiger partial charge in [0.05, 0.1) is 11.3 Å². The van der Waals surface area contributed by atoms with Crippen molar-refractivity contribution in [2.45, 2.75) is 6.42 Å². The molecule has 0 fully saturated rings. The number of hydrogen-bond donors (Lipinski definition) is 3. The molecule has 0 saturated heterocycles. The van der Waals surface area contributed by atoms with Crippen LogP contribution in [0, 0.1) is 0 Å². The summed E-state index contributed by atoms with van der Waals surface area (Å²) in [5.74, 6) is -0.737. The van der Waals surface area contributed by atoms with Crippen LogP contribution in [0.5, 0.6) is 0 Å². The van der Waals surface area contributed by atoms with E-state index in [1.807, 2.05) is 6.07 Å². The van der Waals surface area contributed by atoms with Crippen LogP contribution < -0.4 is 11.1 Å². The minimum Gasteiger partial charge on any atom is -0.478 e. The van der Waals surface area contributed by atoms with Crippen LogP contribution in [0.1, 0.15) is 15.9 Å². The number of nitrogens with two attached hydrogens (primary N) is 1. The van der Waals surface area contributed by atoms with Crippen LogP contribution in [-0.2, 0) is 6.42 Å². The number of carboxylic acid groups (broad SMARTS) is 1. The molecule has 21 heavy (non-hydrogen) atoms. The second-order valence-corrected chi connectivity index (χ2v) is 5.18. The SMILES string of the molecule is Nc1c(C(=O)O)ccnc1NCCc1ccc(Cl)cc1Cl. The van der Waals surface area contributed by atoms with Crippen molar-refractivity contribution in [2.24, 2.45) is 0 Å². The normalized spacial score (nSPS) is 10.4. The number of benzene rings is 1. The summed E-state index contributed by atoms with van der Waals surface area (Å²) in [6.45, 7) is 0.516. The number of carboxylic acids is 1. The van der Waals surface area contributed by atoms with Crippen LogP contribution >= 0.6 is 23.2 Å². The van der Waals surface area contributed by atoms with Gasteiger partial charge in [-0.15, -0.1) is 0 Å². The number of hydrogen-bond acceptors (Lipinski definition) is 4. The van der Waals surface area contributed by atoms with Crippen LogP contribution in [-0.4, -0.2) is 22.6 Å². The molecule has 1 aromatic carbocycles. The van der Waals surface area contributed by atoms with Crippen LogP contribution in [0.25, 0.3) is 0 Å². The van der Waals surface area contributed by atoms with E-state index in [2.05, 4.69) is 10.3 Å². The van der Waals surface area contributed by atoms with Gasteiger partial charge in [0.25, 0.3) is 0 Å². The number of pyridine rings is 1. The van der Waals surface area contributed by atoms with Gasteiger partial charge in [0.2, 0.25) is 0 Å². The summed E-state index contributed by atoms with van der Waals surface area (Å²) in [7, 11) is 0. The van der Waals surface area contributed by atoms with Gasteiger partial charge in [0.1, 0.15) is 5.82 Å². The fourth-order valence-corrected chi connectivity index (χ4v) is 2.34. The van der Waals surface area contributed by atoms with Crippen molar-refractivity contribution in [1.29, 1.82) is 0 Å². The highest BCUT2D eigenvalue weighted by Crippen LogP contribution is 2.22. The molecular formula is C14H13Cl2N3O2. The number of nitrogen functional groups attached to an aromatic ring is 1. The van der Waals surface area contributed by atoms with Crippen molar-refractivity contribution >= 4 is 40.7 Å². The third-order valence-corrected chi connectivity index (χ3v) is 3.51. The van der Waals surface area contributed by atoms with Gasteiger partial charge in [0.15, 0.2) is 0 Å². The van der Waals surface area contributed by atoms with E-state index in [0.29, 0.717) is 28.8 Å². The molecule has 2 rings (SSSR count). The maximum absolute atomic E-state index is 11.0. The van der Waals surface area contributed by atoms with E-state index in [-0.39, 0.29) is 11.3 Å². The fourth-order valence-electron chi connectivity index (χ4n) is 1.84. The molecule has 0 amide bonds. The summed E-state index contributed by atoms with van der Waals surface area (Å²) in [6, 6.07) is 6.65. The number of aromatic nitrogens is 1. The molecule has 0 aliphatic rings. The van der Waals surface area contributed by atoms with E-state index < -0.39 is 5.97 Å². The zero-order valence-electron chi connectivity index (χ0n) is 10.9. The lowest BCUT2D eigenvalue weighted by atomic mass is 10.1. The molecule has 0 atom stereocenters. The number of rotatable bonds is 5. The van der Waals surface area contributed by atoms with Gasteiger partial charge in [-0.1, -0.05) is 29.3 Å². The van der Waals surface area contributed by atoms with E-state index in [1.54, 1.807) is 12.1 Å². The maximum Gasteiger partial charge on any atom is 0.337 e. The van der Waals surface area contributed by atoms with Crippen molar-refractivity contribution in [3.63, 3.8) is 0 Å². The highest BCUT2D eigenvalue weighted by Gasteiger charge is 2.12. The van der Waals surface area contributed by atoms with Gasteiger partial charge in [-0.3, -0.25) is 0 Å². The van der Waals surface area contributed by atoms with Gasteiger partial charge in [0, 0.05) is 22.8 Å². The molecule has 0 unspecified atom stereocenters. The Kier molecular flexibility index (Phi) is 4.88. The number of halogens is 2. The number of carbonyl (C=O) groups is 1. The zero-order chi connectivity index (χ0) is 15.4. The molecule has 0 saturated carbocycles. The first-order valence-corrected chi connectivity index (χ1v) is 6.90. The molecule has 0 spiro atoms. The lowest BCUT2D eigenvalue weighted by molar-refractivity contribution is 0.0698. The summed E-state index contributed by atoms with van der Waals surface area (Å²) in [4.78, 5) is 15.0. The van der Waals surface area contributed by atoms with Gasteiger partial charge in [-0.05, 0) is 30.2 Å². The molecule has 0 bridgehead atoms. The molecule has 1 aromatic heterocycles. The van der Waals surface area contributed by atoms with Gasteiger partial charge >= 0.3 is 5.97 Å². The number of anilines is 2. The van der Waals surface area contributed by atoms with Gasteiger partial charge in [-0.2, -0.15) is 0 Å². The van der Waals surface area contributed by atoms with Gasteiger partial charge < -0.3 is 16.2 Å². The first kappa shape index (κ1) is 15.4. The third-order valence-electron chi connectivity index (χ3n) is 2.92. The average molecular weight is 326 g/mol. The molecule has 110 valence electrons. The van der Waals surface area contributed by atoms with Crippen molar-refractivity contribution in [2.75, 3.05) is 17.6 Å². The van der Waals surface area contributed by atoms with E-state index in [9.17, 15) is 4.79 Å².